The molecule has 7 heterocycles. The third-order valence-corrected chi connectivity index (χ3v) is 37.6. The van der Waals surface area contributed by atoms with Crippen LogP contribution < -0.4 is 80.2 Å². The maximum absolute atomic E-state index is 14.7. The molecule has 21 nitrogen and oxygen atoms in total. The molecule has 0 bridgehead atoms. The molecule has 16 aromatic rings. The van der Waals surface area contributed by atoms with Gasteiger partial charge in [0.05, 0.1) is 49.5 Å². The first-order chi connectivity index (χ1) is 64.0. The van der Waals surface area contributed by atoms with Gasteiger partial charge in [-0.05, 0) is 157 Å². The number of rotatable bonds is 14. The van der Waals surface area contributed by atoms with E-state index >= 15 is 0 Å². The van der Waals surface area contributed by atoms with Crippen molar-refractivity contribution in [3.05, 3.63) is 374 Å². The Morgan fingerprint density at radius 1 is 0.256 bits per heavy atom. The summed E-state index contributed by atoms with van der Waals surface area (Å²) in [4.78, 5) is 13.8. The summed E-state index contributed by atoms with van der Waals surface area (Å²) in [7, 11) is -20.4. The van der Waals surface area contributed by atoms with E-state index in [4.69, 9.17) is 27.1 Å². The molecule has 0 amide bonds. The van der Waals surface area contributed by atoms with E-state index in [0.29, 0.717) is 67.6 Å². The molecule has 6 aliphatic heterocycles. The molecule has 6 aliphatic rings. The first-order valence-electron chi connectivity index (χ1n) is 43.3. The fraction of sp³-hybridized carbons (Fsp3) is 0.123. The lowest BCUT2D eigenvalue weighted by Crippen LogP contribution is -2.25. The van der Waals surface area contributed by atoms with Crippen molar-refractivity contribution >= 4 is 99.2 Å². The van der Waals surface area contributed by atoms with Crippen molar-refractivity contribution in [2.45, 2.75) is 64.7 Å². The van der Waals surface area contributed by atoms with Crippen LogP contribution in [0.25, 0.3) is 66.8 Å². The van der Waals surface area contributed by atoms with E-state index in [0.717, 1.165) is 99.6 Å². The number of phenols is 3. The van der Waals surface area contributed by atoms with Crippen LogP contribution in [0, 0.1) is 0 Å². The molecular formula is C106H92N6O15P6. The zero-order valence-electron chi connectivity index (χ0n) is 73.3. The molecule has 0 radical (unpaired) electrons. The average molecular weight is 1880 g/mol. The molecule has 0 saturated carbocycles. The highest BCUT2D eigenvalue weighted by Crippen LogP contribution is 2.62. The van der Waals surface area contributed by atoms with Gasteiger partial charge in [-0.3, -0.25) is 27.4 Å². The second kappa shape index (κ2) is 35.4. The van der Waals surface area contributed by atoms with Crippen LogP contribution in [0.2, 0.25) is 0 Å². The van der Waals surface area contributed by atoms with Gasteiger partial charge in [0.2, 0.25) is 17.8 Å². The number of aromatic nitrogens is 3. The lowest BCUT2D eigenvalue weighted by Gasteiger charge is -2.31. The van der Waals surface area contributed by atoms with Gasteiger partial charge in [0.25, 0.3) is 36.8 Å². The summed E-state index contributed by atoms with van der Waals surface area (Å²) in [6.07, 6.45) is 0.236. The number of aromatic hydroxyl groups is 3. The van der Waals surface area contributed by atoms with Crippen molar-refractivity contribution in [2.75, 3.05) is 34.8 Å². The molecule has 0 aliphatic carbocycles. The Morgan fingerprint density at radius 3 is 0.820 bits per heavy atom. The quantitative estimate of drug-likeness (QED) is 0.0435. The smallest absolute Gasteiger partial charge is 0.311 e. The molecule has 27 heteroatoms. The van der Waals surface area contributed by atoms with E-state index in [9.17, 15) is 42.7 Å². The van der Waals surface area contributed by atoms with E-state index < -0.39 is 44.2 Å². The SMILES string of the molecule is CC(C)(C)c1cc(CP2(=O)Oc3ccccc3-c3ccccc32)cc(C(C)(C)C)c1O.O=P1(CNc2nc(NCP3(=O)Oc4ccccc4-c4ccccc43)nc(NCP3(=O)Oc4ccccc4-c4ccccc43)n2)Oc2ccccc2-c2ccccc21.O=P1(Cc2ccccc2)Oc2ccccc2-c2ccccc21.O=P1(c2cc(O)ccc2O)Oc2ccccc2-c2ccccc21. The number of nitrogens with one attached hydrogen (secondary N) is 3. The molecule has 6 N–H and O–H groups in total. The summed E-state index contributed by atoms with van der Waals surface area (Å²) < 4.78 is 122. The Hall–Kier alpha value is -13.7. The summed E-state index contributed by atoms with van der Waals surface area (Å²) in [5, 5.41) is 44.2. The van der Waals surface area contributed by atoms with Gasteiger partial charge in [0, 0.05) is 33.4 Å². The highest BCUT2D eigenvalue weighted by molar-refractivity contribution is 7.75. The molecule has 6 atom stereocenters. The maximum atomic E-state index is 14.7. The molecule has 0 fully saturated rings. The fourth-order valence-electron chi connectivity index (χ4n) is 17.4. The minimum Gasteiger partial charge on any atom is -0.508 e. The molecule has 22 rings (SSSR count). The fourth-order valence-corrected chi connectivity index (χ4v) is 30.6. The van der Waals surface area contributed by atoms with Crippen molar-refractivity contribution in [2.24, 2.45) is 0 Å². The lowest BCUT2D eigenvalue weighted by molar-refractivity contribution is 0.422. The van der Waals surface area contributed by atoms with Gasteiger partial charge >= 0.3 is 7.37 Å². The third-order valence-electron chi connectivity index (χ3n) is 23.8. The van der Waals surface area contributed by atoms with E-state index in [-0.39, 0.29) is 70.5 Å². The number of phenolic OH excluding ortho intramolecular Hbond substituents is 3. The number of hydrogen-bond acceptors (Lipinski definition) is 21. The normalized spacial score (nSPS) is 19.4. The summed E-state index contributed by atoms with van der Waals surface area (Å²) in [6.45, 7) is 12.5. The van der Waals surface area contributed by atoms with E-state index in [1.165, 1.54) is 18.2 Å². The van der Waals surface area contributed by atoms with E-state index in [1.807, 2.05) is 273 Å². The van der Waals surface area contributed by atoms with Gasteiger partial charge in [-0.2, -0.15) is 15.0 Å². The summed E-state index contributed by atoms with van der Waals surface area (Å²) >= 11 is 0. The van der Waals surface area contributed by atoms with Crippen molar-refractivity contribution in [1.82, 2.24) is 15.0 Å². The highest BCUT2D eigenvalue weighted by atomic mass is 31.2. The number of hydrogen-bond donors (Lipinski definition) is 6. The second-order valence-electron chi connectivity index (χ2n) is 34.9. The lowest BCUT2D eigenvalue weighted by atomic mass is 9.78. The van der Waals surface area contributed by atoms with Crippen LogP contribution in [0.1, 0.15) is 63.8 Å². The van der Waals surface area contributed by atoms with Crippen LogP contribution in [-0.4, -0.2) is 49.1 Å². The van der Waals surface area contributed by atoms with Gasteiger partial charge in [-0.15, -0.1) is 0 Å². The Balaban J connectivity index is 0.000000126. The molecule has 1 aromatic heterocycles. The molecular weight excluding hydrogens is 1780 g/mol. The maximum Gasteiger partial charge on any atom is 0.311 e. The summed E-state index contributed by atoms with van der Waals surface area (Å²) in [5.41, 5.74) is 13.9. The number of para-hydroxylation sites is 6. The van der Waals surface area contributed by atoms with Crippen LogP contribution in [-0.2, 0) is 50.5 Å². The average Bonchev–Trinajstić information content (AvgIpc) is 0.734. The van der Waals surface area contributed by atoms with Gasteiger partial charge in [0.1, 0.15) is 70.6 Å². The summed E-state index contributed by atoms with van der Waals surface area (Å²) in [5.74, 6) is 3.64. The number of benzene rings is 15. The van der Waals surface area contributed by atoms with Crippen LogP contribution in [0.3, 0.4) is 0 Å². The van der Waals surface area contributed by atoms with Crippen LogP contribution >= 0.6 is 44.2 Å². The second-order valence-corrected chi connectivity index (χ2v) is 48.8. The number of nitrogens with zero attached hydrogens (tertiary/aromatic N) is 3. The number of anilines is 3. The predicted octanol–water partition coefficient (Wildman–Crippen LogP) is 24.4. The predicted molar refractivity (Wildman–Crippen MR) is 533 cm³/mol. The third kappa shape index (κ3) is 17.4. The molecule has 15 aromatic carbocycles. The summed E-state index contributed by atoms with van der Waals surface area (Å²) in [6, 6.07) is 108. The standard InChI is InChI=1S/C42H33N6O6P3.C27H31O3P.C19H15O2P.C18H13O4P/c49-55(37-22-10-4-16-31(37)28-13-1-7-19-34(28)52-55)25-43-40-46-41(44-26-56(50)38-23-11-5-17-32(38)29-14-2-8-20-35(29)53-56)48-42(47-40)45-27-57(51)39-24-12-6-18-33(39)30-15-3-9-21-36(30)54-57;1-26(2,3)21-15-18(16-22(25(21)28)27(4,5)6)17-31(29)24-14-10-8-12-20(24)19-11-7-9-13-23(19)30-31;20-22(14-15-8-2-1-3-9-15)19-13-7-5-11-17(19)16-10-4-6-12-18(16)21-22;19-12-9-10-15(20)18(11-12)23(21)17-8-4-2-6-14(17)13-5-1-3-7-16(13)22-23/h1-24H,25-27H2,(H3,43,44,45,46,47,48);7-16,28H,17H2,1-6H3;1-13H,14H2;1-11,19-20H. The first kappa shape index (κ1) is 88.6. The minimum atomic E-state index is -3.56. The molecule has 6 unspecified atom stereocenters. The Morgan fingerprint density at radius 2 is 0.504 bits per heavy atom. The van der Waals surface area contributed by atoms with Crippen LogP contribution in [0.5, 0.6) is 51.7 Å². The van der Waals surface area contributed by atoms with Crippen LogP contribution in [0.4, 0.5) is 17.8 Å². The molecule has 0 spiro atoms. The van der Waals surface area contributed by atoms with E-state index in [1.54, 1.807) is 60.7 Å². The zero-order chi connectivity index (χ0) is 92.2. The van der Waals surface area contributed by atoms with Crippen LogP contribution in [0.15, 0.2) is 352 Å². The van der Waals surface area contributed by atoms with Crippen molar-refractivity contribution in [3.8, 4) is 119 Å². The topological polar surface area (TPSA) is 293 Å². The molecule has 666 valence electrons. The Labute approximate surface area is 771 Å². The Kier molecular flexibility index (Phi) is 23.6. The van der Waals surface area contributed by atoms with Crippen molar-refractivity contribution in [1.29, 1.82) is 0 Å². The van der Waals surface area contributed by atoms with E-state index in [2.05, 4.69) is 72.4 Å². The van der Waals surface area contributed by atoms with Gasteiger partial charge < -0.3 is 58.4 Å². The minimum absolute atomic E-state index is 0.0485. The molecule has 133 heavy (non-hydrogen) atoms. The van der Waals surface area contributed by atoms with Gasteiger partial charge in [-0.25, -0.2) is 0 Å². The zero-order valence-corrected chi connectivity index (χ0v) is 78.7. The van der Waals surface area contributed by atoms with Crippen molar-refractivity contribution < 1.29 is 69.9 Å². The monoisotopic (exact) mass is 1870 g/mol. The number of fused-ring (bicyclic) bond motifs is 18. The highest BCUT2D eigenvalue weighted by Gasteiger charge is 2.45. The Bertz CT molecular complexity index is 7230. The van der Waals surface area contributed by atoms with Crippen molar-refractivity contribution in [3.63, 3.8) is 0 Å². The van der Waals surface area contributed by atoms with Gasteiger partial charge in [-0.1, -0.05) is 302 Å². The largest absolute Gasteiger partial charge is 0.508 e. The van der Waals surface area contributed by atoms with Gasteiger partial charge in [0.15, 0.2) is 0 Å². The molecule has 0 saturated heterocycles. The first-order valence-corrected chi connectivity index (χ1v) is 54.0.